The molecule has 2 aromatic carbocycles. The Morgan fingerprint density at radius 3 is 2.67 bits per heavy atom. The molecular formula is C22H23N3OS. The number of benzene rings is 2. The first-order valence-corrected chi connectivity index (χ1v) is 9.59. The smallest absolute Gasteiger partial charge is 0.206 e. The first-order chi connectivity index (χ1) is 13.0. The summed E-state index contributed by atoms with van der Waals surface area (Å²) in [6, 6.07) is 13.5. The molecule has 0 aliphatic rings. The van der Waals surface area contributed by atoms with E-state index in [1.807, 2.05) is 23.7 Å². The van der Waals surface area contributed by atoms with Crippen LogP contribution in [0, 0.1) is 13.8 Å². The summed E-state index contributed by atoms with van der Waals surface area (Å²) < 4.78 is 1.82. The van der Waals surface area contributed by atoms with Crippen molar-refractivity contribution in [2.24, 2.45) is 10.1 Å². The summed E-state index contributed by atoms with van der Waals surface area (Å²) in [5, 5.41) is 16.7. The molecule has 0 unspecified atom stereocenters. The maximum Gasteiger partial charge on any atom is 0.206 e. The molecule has 138 valence electrons. The fourth-order valence-corrected chi connectivity index (χ4v) is 3.37. The van der Waals surface area contributed by atoms with Gasteiger partial charge in [-0.05, 0) is 50.1 Å². The molecule has 27 heavy (non-hydrogen) atoms. The number of aryl methyl sites for hydroxylation is 2. The van der Waals surface area contributed by atoms with Gasteiger partial charge in [0.2, 0.25) is 4.80 Å². The van der Waals surface area contributed by atoms with E-state index >= 15 is 0 Å². The third-order valence-corrected chi connectivity index (χ3v) is 5.08. The third kappa shape index (κ3) is 4.44. The Balaban J connectivity index is 2.11. The summed E-state index contributed by atoms with van der Waals surface area (Å²) in [6.07, 6.45) is 1.66. The van der Waals surface area contributed by atoms with Crippen LogP contribution >= 0.6 is 11.3 Å². The fraction of sp³-hybridized carbons (Fsp3) is 0.182. The number of para-hydroxylation sites is 1. The zero-order valence-electron chi connectivity index (χ0n) is 15.8. The van der Waals surface area contributed by atoms with Gasteiger partial charge in [-0.15, -0.1) is 11.3 Å². The molecule has 0 spiro atoms. The predicted octanol–water partition coefficient (Wildman–Crippen LogP) is 4.90. The van der Waals surface area contributed by atoms with Crippen LogP contribution < -0.4 is 4.80 Å². The third-order valence-electron chi connectivity index (χ3n) is 4.22. The molecule has 0 aliphatic heterocycles. The highest BCUT2D eigenvalue weighted by atomic mass is 32.1. The Labute approximate surface area is 163 Å². The number of aromatic hydroxyl groups is 1. The molecule has 3 aromatic rings. The van der Waals surface area contributed by atoms with Crippen LogP contribution in [0.5, 0.6) is 5.75 Å². The summed E-state index contributed by atoms with van der Waals surface area (Å²) in [7, 11) is 0. The summed E-state index contributed by atoms with van der Waals surface area (Å²) in [6.45, 7) is 10.6. The number of aromatic nitrogens is 1. The number of thiazole rings is 1. The zero-order chi connectivity index (χ0) is 19.4. The van der Waals surface area contributed by atoms with Crippen molar-refractivity contribution in [1.29, 1.82) is 0 Å². The molecule has 1 N–H and O–H groups in total. The van der Waals surface area contributed by atoms with Gasteiger partial charge in [0.15, 0.2) is 0 Å². The lowest BCUT2D eigenvalue weighted by Gasteiger charge is -2.07. The Kier molecular flexibility index (Phi) is 5.72. The van der Waals surface area contributed by atoms with Gasteiger partial charge in [0.25, 0.3) is 0 Å². The lowest BCUT2D eigenvalue weighted by Crippen LogP contribution is -2.13. The summed E-state index contributed by atoms with van der Waals surface area (Å²) >= 11 is 1.54. The van der Waals surface area contributed by atoms with E-state index in [2.05, 4.69) is 54.1 Å². The highest BCUT2D eigenvalue weighted by Gasteiger charge is 2.09. The first-order valence-electron chi connectivity index (χ1n) is 8.71. The minimum absolute atomic E-state index is 0.199. The van der Waals surface area contributed by atoms with E-state index in [4.69, 9.17) is 0 Å². The molecule has 5 heteroatoms. The molecule has 0 saturated heterocycles. The average Bonchev–Trinajstić information content (AvgIpc) is 3.04. The van der Waals surface area contributed by atoms with Crippen molar-refractivity contribution in [3.05, 3.63) is 81.5 Å². The van der Waals surface area contributed by atoms with Crippen LogP contribution in [0.3, 0.4) is 0 Å². The Bertz CT molecular complexity index is 1070. The van der Waals surface area contributed by atoms with Crippen molar-refractivity contribution in [2.75, 3.05) is 6.54 Å². The Morgan fingerprint density at radius 1 is 1.19 bits per heavy atom. The van der Waals surface area contributed by atoms with Gasteiger partial charge in [-0.25, -0.2) is 4.68 Å². The van der Waals surface area contributed by atoms with Crippen molar-refractivity contribution >= 4 is 17.6 Å². The van der Waals surface area contributed by atoms with E-state index in [1.54, 1.807) is 29.7 Å². The molecule has 3 rings (SSSR count). The van der Waals surface area contributed by atoms with Crippen LogP contribution in [-0.2, 0) is 0 Å². The van der Waals surface area contributed by atoms with Crippen LogP contribution in [0.4, 0.5) is 0 Å². The molecule has 0 saturated carbocycles. The fourth-order valence-electron chi connectivity index (χ4n) is 2.54. The van der Waals surface area contributed by atoms with Crippen LogP contribution in [0.1, 0.15) is 23.6 Å². The van der Waals surface area contributed by atoms with Gasteiger partial charge in [0.1, 0.15) is 5.75 Å². The summed E-state index contributed by atoms with van der Waals surface area (Å²) in [5.74, 6) is 0.199. The van der Waals surface area contributed by atoms with Gasteiger partial charge in [0, 0.05) is 16.5 Å². The molecule has 0 amide bonds. The lowest BCUT2D eigenvalue weighted by molar-refractivity contribution is 0.474. The highest BCUT2D eigenvalue weighted by Crippen LogP contribution is 2.23. The maximum atomic E-state index is 10.0. The SMILES string of the molecule is C=C(C)CN=c1scc(-c2ccc(C)c(C)c2)n1N=Cc1ccccc1O. The van der Waals surface area contributed by atoms with Gasteiger partial charge in [-0.2, -0.15) is 5.10 Å². The van der Waals surface area contributed by atoms with Crippen molar-refractivity contribution in [3.8, 4) is 17.0 Å². The second kappa shape index (κ2) is 8.18. The van der Waals surface area contributed by atoms with Gasteiger partial charge in [0.05, 0.1) is 18.5 Å². The quantitative estimate of drug-likeness (QED) is 0.499. The zero-order valence-corrected chi connectivity index (χ0v) is 16.6. The highest BCUT2D eigenvalue weighted by molar-refractivity contribution is 7.07. The second-order valence-corrected chi connectivity index (χ2v) is 7.43. The number of phenols is 1. The van der Waals surface area contributed by atoms with Crippen molar-refractivity contribution in [2.45, 2.75) is 20.8 Å². The molecule has 1 aromatic heterocycles. The topological polar surface area (TPSA) is 49.9 Å². The molecule has 0 atom stereocenters. The van der Waals surface area contributed by atoms with Gasteiger partial charge < -0.3 is 5.11 Å². The largest absolute Gasteiger partial charge is 0.507 e. The molecule has 0 radical (unpaired) electrons. The van der Waals surface area contributed by atoms with E-state index in [0.717, 1.165) is 21.6 Å². The summed E-state index contributed by atoms with van der Waals surface area (Å²) in [4.78, 5) is 5.42. The number of phenolic OH excluding ortho intramolecular Hbond substituents is 1. The van der Waals surface area contributed by atoms with Crippen LogP contribution in [0.15, 0.2) is 70.1 Å². The minimum Gasteiger partial charge on any atom is -0.507 e. The number of nitrogens with zero attached hydrogens (tertiary/aromatic N) is 3. The van der Waals surface area contributed by atoms with Gasteiger partial charge in [-0.3, -0.25) is 4.99 Å². The molecule has 4 nitrogen and oxygen atoms in total. The van der Waals surface area contributed by atoms with Gasteiger partial charge >= 0.3 is 0 Å². The Morgan fingerprint density at radius 2 is 1.96 bits per heavy atom. The van der Waals surface area contributed by atoms with E-state index < -0.39 is 0 Å². The normalized spacial score (nSPS) is 12.0. The Hall–Kier alpha value is -2.92. The van der Waals surface area contributed by atoms with E-state index in [9.17, 15) is 5.11 Å². The number of hydrogen-bond donors (Lipinski definition) is 1. The van der Waals surface area contributed by atoms with E-state index in [-0.39, 0.29) is 5.75 Å². The molecule has 0 aliphatic carbocycles. The molecule has 0 fully saturated rings. The van der Waals surface area contributed by atoms with Crippen LogP contribution in [-0.4, -0.2) is 22.5 Å². The number of rotatable bonds is 5. The predicted molar refractivity (Wildman–Crippen MR) is 114 cm³/mol. The van der Waals surface area contributed by atoms with Crippen molar-refractivity contribution < 1.29 is 5.11 Å². The monoisotopic (exact) mass is 377 g/mol. The molecular weight excluding hydrogens is 354 g/mol. The molecule has 0 bridgehead atoms. The van der Waals surface area contributed by atoms with Crippen LogP contribution in [0.25, 0.3) is 11.3 Å². The van der Waals surface area contributed by atoms with E-state index in [1.165, 1.54) is 11.1 Å². The minimum atomic E-state index is 0.199. The lowest BCUT2D eigenvalue weighted by atomic mass is 10.1. The maximum absolute atomic E-state index is 10.0. The van der Waals surface area contributed by atoms with Crippen molar-refractivity contribution in [3.63, 3.8) is 0 Å². The second-order valence-electron chi connectivity index (χ2n) is 6.59. The van der Waals surface area contributed by atoms with E-state index in [0.29, 0.717) is 12.1 Å². The first kappa shape index (κ1) is 18.9. The summed E-state index contributed by atoms with van der Waals surface area (Å²) in [5.41, 5.74) is 6.19. The average molecular weight is 378 g/mol. The van der Waals surface area contributed by atoms with Gasteiger partial charge in [-0.1, -0.05) is 36.4 Å². The van der Waals surface area contributed by atoms with Crippen LogP contribution in [0.2, 0.25) is 0 Å². The standard InChI is InChI=1S/C22H23N3OS/c1-15(2)12-23-22-25(24-13-19-7-5-6-8-21(19)26)20(14-27-22)18-10-9-16(3)17(4)11-18/h5-11,13-14,26H,1,12H2,2-4H3. The van der Waals surface area contributed by atoms with Crippen molar-refractivity contribution in [1.82, 2.24) is 4.68 Å². The molecule has 1 heterocycles. The number of hydrogen-bond acceptors (Lipinski definition) is 4.